The number of hydrogen-bond donors (Lipinski definition) is 0. The van der Waals surface area contributed by atoms with Gasteiger partial charge in [0.15, 0.2) is 0 Å². The molecule has 0 amide bonds. The zero-order chi connectivity index (χ0) is 15.2. The van der Waals surface area contributed by atoms with Crippen LogP contribution in [0.15, 0.2) is 42.5 Å². The van der Waals surface area contributed by atoms with Crippen LogP contribution >= 0.6 is 0 Å². The third kappa shape index (κ3) is 4.04. The Morgan fingerprint density at radius 3 is 2.48 bits per heavy atom. The summed E-state index contributed by atoms with van der Waals surface area (Å²) in [6, 6.07) is 14.2. The summed E-state index contributed by atoms with van der Waals surface area (Å²) in [5.74, 6) is 0.532. The van der Waals surface area contributed by atoms with E-state index in [4.69, 9.17) is 10.00 Å². The smallest absolute Gasteiger partial charge is 0.127 e. The minimum absolute atomic E-state index is 0.282. The maximum absolute atomic E-state index is 13.8. The Morgan fingerprint density at radius 2 is 1.86 bits per heavy atom. The molecule has 0 aliphatic heterocycles. The van der Waals surface area contributed by atoms with Gasteiger partial charge in [0.05, 0.1) is 18.7 Å². The molecule has 0 N–H and O–H groups in total. The van der Waals surface area contributed by atoms with Crippen molar-refractivity contribution in [1.29, 1.82) is 5.26 Å². The molecule has 4 heteroatoms. The van der Waals surface area contributed by atoms with Gasteiger partial charge in [-0.1, -0.05) is 12.1 Å². The van der Waals surface area contributed by atoms with E-state index in [0.717, 1.165) is 11.3 Å². The van der Waals surface area contributed by atoms with E-state index in [1.54, 1.807) is 13.2 Å². The summed E-state index contributed by atoms with van der Waals surface area (Å²) >= 11 is 0. The van der Waals surface area contributed by atoms with Crippen LogP contribution < -0.4 is 4.74 Å². The van der Waals surface area contributed by atoms with Crippen LogP contribution in [0.1, 0.15) is 16.7 Å². The van der Waals surface area contributed by atoms with E-state index in [9.17, 15) is 4.39 Å². The van der Waals surface area contributed by atoms with Crippen LogP contribution in [0.2, 0.25) is 0 Å². The highest BCUT2D eigenvalue weighted by atomic mass is 19.1. The topological polar surface area (TPSA) is 36.3 Å². The lowest BCUT2D eigenvalue weighted by Crippen LogP contribution is -2.18. The number of benzene rings is 2. The fourth-order valence-electron chi connectivity index (χ4n) is 2.15. The Labute approximate surface area is 124 Å². The fraction of sp³-hybridized carbons (Fsp3) is 0.235. The Bertz CT molecular complexity index is 647. The Balaban J connectivity index is 2.04. The highest BCUT2D eigenvalue weighted by Gasteiger charge is 2.08. The van der Waals surface area contributed by atoms with E-state index in [0.29, 0.717) is 24.2 Å². The van der Waals surface area contributed by atoms with Crippen LogP contribution in [-0.2, 0) is 13.1 Å². The van der Waals surface area contributed by atoms with E-state index in [1.165, 1.54) is 12.1 Å². The molecular weight excluding hydrogens is 267 g/mol. The van der Waals surface area contributed by atoms with Gasteiger partial charge in [0, 0.05) is 18.7 Å². The lowest BCUT2D eigenvalue weighted by molar-refractivity contribution is 0.313. The van der Waals surface area contributed by atoms with Crippen molar-refractivity contribution in [2.24, 2.45) is 0 Å². The predicted molar refractivity (Wildman–Crippen MR) is 79.3 cm³/mol. The molecule has 0 heterocycles. The minimum atomic E-state index is -0.282. The van der Waals surface area contributed by atoms with Crippen LogP contribution in [0.5, 0.6) is 5.75 Å². The largest absolute Gasteiger partial charge is 0.497 e. The van der Waals surface area contributed by atoms with Crippen LogP contribution in [0.25, 0.3) is 0 Å². The van der Waals surface area contributed by atoms with E-state index < -0.39 is 0 Å². The van der Waals surface area contributed by atoms with Crippen molar-refractivity contribution < 1.29 is 9.13 Å². The first-order valence-corrected chi connectivity index (χ1v) is 6.62. The summed E-state index contributed by atoms with van der Waals surface area (Å²) in [6.07, 6.45) is 0. The molecule has 108 valence electrons. The van der Waals surface area contributed by atoms with Gasteiger partial charge in [-0.3, -0.25) is 4.90 Å². The number of nitriles is 1. The summed E-state index contributed by atoms with van der Waals surface area (Å²) in [5, 5.41) is 8.87. The molecule has 21 heavy (non-hydrogen) atoms. The van der Waals surface area contributed by atoms with Crippen molar-refractivity contribution in [3.05, 3.63) is 65.0 Å². The summed E-state index contributed by atoms with van der Waals surface area (Å²) < 4.78 is 18.9. The first kappa shape index (κ1) is 15.0. The molecule has 0 aliphatic carbocycles. The Kier molecular flexibility index (Phi) is 4.91. The normalized spacial score (nSPS) is 10.4. The molecule has 0 fully saturated rings. The van der Waals surface area contributed by atoms with Crippen molar-refractivity contribution in [2.45, 2.75) is 13.1 Å². The zero-order valence-electron chi connectivity index (χ0n) is 12.1. The van der Waals surface area contributed by atoms with Gasteiger partial charge in [-0.05, 0) is 42.9 Å². The molecule has 3 nitrogen and oxygen atoms in total. The minimum Gasteiger partial charge on any atom is -0.497 e. The number of ether oxygens (including phenoxy) is 1. The second-order valence-corrected chi connectivity index (χ2v) is 4.94. The monoisotopic (exact) mass is 284 g/mol. The van der Waals surface area contributed by atoms with E-state index in [2.05, 4.69) is 0 Å². The third-order valence-corrected chi connectivity index (χ3v) is 3.23. The lowest BCUT2D eigenvalue weighted by atomic mass is 10.1. The van der Waals surface area contributed by atoms with Gasteiger partial charge in [0.25, 0.3) is 0 Å². The van der Waals surface area contributed by atoms with Crippen LogP contribution in [-0.4, -0.2) is 19.1 Å². The van der Waals surface area contributed by atoms with Gasteiger partial charge < -0.3 is 4.74 Å². The molecule has 0 spiro atoms. The molecule has 2 aromatic rings. The molecular formula is C17H17FN2O. The number of methoxy groups -OCH3 is 1. The van der Waals surface area contributed by atoms with Crippen LogP contribution in [0, 0.1) is 17.1 Å². The van der Waals surface area contributed by atoms with Gasteiger partial charge in [-0.25, -0.2) is 4.39 Å². The Hall–Kier alpha value is -2.38. The van der Waals surface area contributed by atoms with Gasteiger partial charge >= 0.3 is 0 Å². The van der Waals surface area contributed by atoms with E-state index in [-0.39, 0.29) is 5.82 Å². The van der Waals surface area contributed by atoms with Crippen LogP contribution in [0.3, 0.4) is 0 Å². The van der Waals surface area contributed by atoms with Crippen LogP contribution in [0.4, 0.5) is 4.39 Å². The molecule has 0 atom stereocenters. The zero-order valence-corrected chi connectivity index (χ0v) is 12.1. The predicted octanol–water partition coefficient (Wildman–Crippen LogP) is 3.34. The number of nitrogens with zero attached hydrogens (tertiary/aromatic N) is 2. The molecule has 0 bridgehead atoms. The molecule has 0 radical (unpaired) electrons. The van der Waals surface area contributed by atoms with Gasteiger partial charge in [0.2, 0.25) is 0 Å². The van der Waals surface area contributed by atoms with Crippen molar-refractivity contribution in [1.82, 2.24) is 4.90 Å². The van der Waals surface area contributed by atoms with Crippen molar-refractivity contribution in [2.75, 3.05) is 14.2 Å². The van der Waals surface area contributed by atoms with Gasteiger partial charge in [-0.2, -0.15) is 5.26 Å². The summed E-state index contributed by atoms with van der Waals surface area (Å²) in [7, 11) is 3.55. The maximum atomic E-state index is 13.8. The fourth-order valence-corrected chi connectivity index (χ4v) is 2.15. The summed E-state index contributed by atoms with van der Waals surface area (Å²) in [5.41, 5.74) is 2.13. The molecule has 0 saturated heterocycles. The summed E-state index contributed by atoms with van der Waals surface area (Å²) in [6.45, 7) is 1.15. The molecule has 2 rings (SSSR count). The average molecular weight is 284 g/mol. The van der Waals surface area contributed by atoms with E-state index in [1.807, 2.05) is 42.3 Å². The van der Waals surface area contributed by atoms with Gasteiger partial charge in [0.1, 0.15) is 11.6 Å². The Morgan fingerprint density at radius 1 is 1.14 bits per heavy atom. The summed E-state index contributed by atoms with van der Waals surface area (Å²) in [4.78, 5) is 2.00. The molecule has 0 unspecified atom stereocenters. The number of halogens is 1. The van der Waals surface area contributed by atoms with Gasteiger partial charge in [-0.15, -0.1) is 0 Å². The highest BCUT2D eigenvalue weighted by molar-refractivity contribution is 5.34. The van der Waals surface area contributed by atoms with Crippen molar-refractivity contribution in [3.63, 3.8) is 0 Å². The average Bonchev–Trinajstić information content (AvgIpc) is 2.50. The molecule has 0 aromatic heterocycles. The number of rotatable bonds is 5. The number of hydrogen-bond acceptors (Lipinski definition) is 3. The molecule has 2 aromatic carbocycles. The van der Waals surface area contributed by atoms with Crippen molar-refractivity contribution in [3.8, 4) is 11.8 Å². The quantitative estimate of drug-likeness (QED) is 0.845. The van der Waals surface area contributed by atoms with E-state index >= 15 is 0 Å². The lowest BCUT2D eigenvalue weighted by Gasteiger charge is -2.17. The standard InChI is InChI=1S/C17H17FN2O/c1-20(11-13-3-6-16(21-2)7-4-13)12-15-9-14(10-19)5-8-17(15)18/h3-9H,11-12H2,1-2H3. The second-order valence-electron chi connectivity index (χ2n) is 4.94. The first-order chi connectivity index (χ1) is 10.1. The second kappa shape index (κ2) is 6.87. The molecule has 0 aliphatic rings. The molecule has 0 saturated carbocycles. The highest BCUT2D eigenvalue weighted by Crippen LogP contribution is 2.16. The maximum Gasteiger partial charge on any atom is 0.127 e. The first-order valence-electron chi connectivity index (χ1n) is 6.62. The SMILES string of the molecule is COc1ccc(CN(C)Cc2cc(C#N)ccc2F)cc1. The van der Waals surface area contributed by atoms with Crippen molar-refractivity contribution >= 4 is 0 Å². The third-order valence-electron chi connectivity index (χ3n) is 3.23.